The first-order valence-corrected chi connectivity index (χ1v) is 16.9. The zero-order valence-corrected chi connectivity index (χ0v) is 30.0. The highest BCUT2D eigenvalue weighted by Crippen LogP contribution is 2.36. The Bertz CT molecular complexity index is 1100. The second kappa shape index (κ2) is 24.3. The Morgan fingerprint density at radius 2 is 1.44 bits per heavy atom. The second-order valence-electron chi connectivity index (χ2n) is 13.0. The molecule has 0 spiro atoms. The number of hydrogen-bond donors (Lipinski definition) is 6. The number of nitrogens with zero attached hydrogens (tertiary/aromatic N) is 4. The summed E-state index contributed by atoms with van der Waals surface area (Å²) in [5, 5.41) is 17.1. The largest absolute Gasteiger partial charge is 0.356 e. The molecule has 274 valence electrons. The van der Waals surface area contributed by atoms with Crippen molar-refractivity contribution >= 4 is 35.4 Å². The van der Waals surface area contributed by atoms with Crippen LogP contribution in [0.15, 0.2) is 5.11 Å². The Balaban J connectivity index is 5.58. The maximum absolute atomic E-state index is 13.6. The predicted molar refractivity (Wildman–Crippen MR) is 184 cm³/mol. The number of hydrogen-bond acceptors (Lipinski definition) is 8. The SMILES string of the molecule is CCC(C)C(=O)NCNC(=O)C(C)CCC(C)(CC(CC(C)C(=O)N(C)C)C(=O)NCCCCCNC(=O)CN=[N+]=[N-])C(=O)NCCN. The number of rotatable bonds is 25. The van der Waals surface area contributed by atoms with Crippen LogP contribution >= 0.6 is 0 Å². The maximum atomic E-state index is 13.6. The highest BCUT2D eigenvalue weighted by Gasteiger charge is 2.39. The first kappa shape index (κ1) is 44.1. The van der Waals surface area contributed by atoms with Crippen LogP contribution in [0.2, 0.25) is 0 Å². The van der Waals surface area contributed by atoms with Crippen molar-refractivity contribution in [2.24, 2.45) is 39.9 Å². The topological polar surface area (TPSA) is 241 Å². The van der Waals surface area contributed by atoms with Gasteiger partial charge in [-0.2, -0.15) is 0 Å². The van der Waals surface area contributed by atoms with Crippen LogP contribution in [-0.2, 0) is 28.8 Å². The molecule has 16 heteroatoms. The highest BCUT2D eigenvalue weighted by atomic mass is 16.2. The van der Waals surface area contributed by atoms with Crippen LogP contribution in [0.4, 0.5) is 0 Å². The first-order valence-electron chi connectivity index (χ1n) is 16.9. The summed E-state index contributed by atoms with van der Waals surface area (Å²) in [6.45, 7) is 10.0. The summed E-state index contributed by atoms with van der Waals surface area (Å²) >= 11 is 0. The molecular formula is C32H60N10O6. The van der Waals surface area contributed by atoms with Crippen LogP contribution in [0.3, 0.4) is 0 Å². The van der Waals surface area contributed by atoms with Crippen LogP contribution < -0.4 is 32.3 Å². The lowest BCUT2D eigenvalue weighted by Gasteiger charge is -2.33. The van der Waals surface area contributed by atoms with Gasteiger partial charge in [-0.1, -0.05) is 39.7 Å². The van der Waals surface area contributed by atoms with Gasteiger partial charge in [0.05, 0.1) is 6.67 Å². The fraction of sp³-hybridized carbons (Fsp3) is 0.812. The summed E-state index contributed by atoms with van der Waals surface area (Å²) in [5.41, 5.74) is 12.9. The minimum absolute atomic E-state index is 0.00664. The lowest BCUT2D eigenvalue weighted by Crippen LogP contribution is -2.45. The quantitative estimate of drug-likeness (QED) is 0.0273. The molecule has 0 fully saturated rings. The molecule has 6 amide bonds. The zero-order valence-electron chi connectivity index (χ0n) is 30.0. The molecule has 0 saturated heterocycles. The number of unbranched alkanes of at least 4 members (excludes halogenated alkanes) is 2. The van der Waals surface area contributed by atoms with Gasteiger partial charge in [0.2, 0.25) is 35.4 Å². The average Bonchev–Trinajstić information content (AvgIpc) is 3.06. The lowest BCUT2D eigenvalue weighted by molar-refractivity contribution is -0.137. The average molecular weight is 681 g/mol. The molecule has 0 saturated carbocycles. The van der Waals surface area contributed by atoms with E-state index in [0.717, 1.165) is 6.42 Å². The Morgan fingerprint density at radius 3 is 2.00 bits per heavy atom. The molecular weight excluding hydrogens is 620 g/mol. The van der Waals surface area contributed by atoms with Gasteiger partial charge in [0.1, 0.15) is 6.54 Å². The molecule has 0 aliphatic rings. The molecule has 16 nitrogen and oxygen atoms in total. The number of nitrogens with one attached hydrogen (secondary N) is 5. The molecule has 5 unspecified atom stereocenters. The molecule has 48 heavy (non-hydrogen) atoms. The third kappa shape index (κ3) is 17.9. The van der Waals surface area contributed by atoms with E-state index in [9.17, 15) is 28.8 Å². The Morgan fingerprint density at radius 1 is 0.833 bits per heavy atom. The summed E-state index contributed by atoms with van der Waals surface area (Å²) in [4.78, 5) is 80.3. The van der Waals surface area contributed by atoms with Gasteiger partial charge in [-0.3, -0.25) is 28.8 Å². The van der Waals surface area contributed by atoms with Crippen molar-refractivity contribution in [3.63, 3.8) is 0 Å². The summed E-state index contributed by atoms with van der Waals surface area (Å²) in [7, 11) is 3.30. The fourth-order valence-corrected chi connectivity index (χ4v) is 5.08. The van der Waals surface area contributed by atoms with E-state index in [1.807, 2.05) is 13.8 Å². The molecule has 0 bridgehead atoms. The number of azide groups is 1. The van der Waals surface area contributed by atoms with Crippen molar-refractivity contribution in [2.45, 2.75) is 86.0 Å². The van der Waals surface area contributed by atoms with E-state index in [1.54, 1.807) is 34.9 Å². The van der Waals surface area contributed by atoms with Crippen molar-refractivity contribution in [3.8, 4) is 0 Å². The van der Waals surface area contributed by atoms with Crippen LogP contribution in [0.1, 0.15) is 86.0 Å². The van der Waals surface area contributed by atoms with Gasteiger partial charge in [0, 0.05) is 74.3 Å². The van der Waals surface area contributed by atoms with Gasteiger partial charge in [-0.15, -0.1) is 0 Å². The van der Waals surface area contributed by atoms with Gasteiger partial charge < -0.3 is 37.2 Å². The van der Waals surface area contributed by atoms with Crippen molar-refractivity contribution in [2.75, 3.05) is 53.5 Å². The van der Waals surface area contributed by atoms with E-state index in [4.69, 9.17) is 11.3 Å². The van der Waals surface area contributed by atoms with Crippen LogP contribution in [0, 0.1) is 29.1 Å². The Hall–Kier alpha value is -3.91. The normalized spacial score (nSPS) is 14.5. The minimum atomic E-state index is -1.05. The monoisotopic (exact) mass is 680 g/mol. The third-order valence-electron chi connectivity index (χ3n) is 8.46. The smallest absolute Gasteiger partial charge is 0.226 e. The summed E-state index contributed by atoms with van der Waals surface area (Å²) in [5.74, 6) is -3.23. The van der Waals surface area contributed by atoms with E-state index in [2.05, 4.69) is 36.6 Å². The van der Waals surface area contributed by atoms with Gasteiger partial charge in [-0.05, 0) is 56.9 Å². The Kier molecular flexibility index (Phi) is 22.3. The number of amides is 6. The van der Waals surface area contributed by atoms with E-state index in [0.29, 0.717) is 45.2 Å². The minimum Gasteiger partial charge on any atom is -0.356 e. The molecule has 0 radical (unpaired) electrons. The van der Waals surface area contributed by atoms with Gasteiger partial charge in [0.25, 0.3) is 0 Å². The zero-order chi connectivity index (χ0) is 36.7. The number of carbonyl (C=O) groups is 6. The molecule has 0 aliphatic heterocycles. The van der Waals surface area contributed by atoms with Gasteiger partial charge >= 0.3 is 0 Å². The van der Waals surface area contributed by atoms with Crippen molar-refractivity contribution in [1.82, 2.24) is 31.5 Å². The molecule has 0 aromatic heterocycles. The van der Waals surface area contributed by atoms with E-state index < -0.39 is 23.2 Å². The van der Waals surface area contributed by atoms with E-state index in [-0.39, 0.29) is 80.5 Å². The standard InChI is InChI=1S/C32H60N10O6/c1-8-22(2)27(44)38-21-39-28(45)23(3)12-13-32(5,31(48)37-17-14-33)19-25(18-24(4)30(47)42(6)7)29(46)36-16-11-9-10-15-35-26(43)20-40-41-34/h22-25H,8-21,33H2,1-7H3,(H,35,43)(H,36,46)(H,37,48)(H,38,44)(H,39,45). The van der Waals surface area contributed by atoms with E-state index in [1.165, 1.54) is 4.90 Å². The second-order valence-corrected chi connectivity index (χ2v) is 13.0. The van der Waals surface area contributed by atoms with Crippen molar-refractivity contribution in [1.29, 1.82) is 0 Å². The first-order chi connectivity index (χ1) is 22.6. The van der Waals surface area contributed by atoms with Crippen molar-refractivity contribution in [3.05, 3.63) is 10.4 Å². The summed E-state index contributed by atoms with van der Waals surface area (Å²) in [6, 6.07) is 0. The van der Waals surface area contributed by atoms with Crippen LogP contribution in [0.25, 0.3) is 10.4 Å². The molecule has 0 heterocycles. The van der Waals surface area contributed by atoms with Crippen LogP contribution in [0.5, 0.6) is 0 Å². The molecule has 5 atom stereocenters. The summed E-state index contributed by atoms with van der Waals surface area (Å²) in [6.07, 6.45) is 3.75. The number of carbonyl (C=O) groups excluding carboxylic acids is 6. The van der Waals surface area contributed by atoms with Gasteiger partial charge in [-0.25, -0.2) is 0 Å². The maximum Gasteiger partial charge on any atom is 0.226 e. The molecule has 0 aromatic carbocycles. The van der Waals surface area contributed by atoms with E-state index >= 15 is 0 Å². The molecule has 0 aromatic rings. The fourth-order valence-electron chi connectivity index (χ4n) is 5.08. The predicted octanol–water partition coefficient (Wildman–Crippen LogP) is 1.55. The van der Waals surface area contributed by atoms with Crippen molar-refractivity contribution < 1.29 is 28.8 Å². The van der Waals surface area contributed by atoms with Crippen LogP contribution in [-0.4, -0.2) is 93.8 Å². The lowest BCUT2D eigenvalue weighted by atomic mass is 9.73. The third-order valence-corrected chi connectivity index (χ3v) is 8.46. The molecule has 7 N–H and O–H groups in total. The molecule has 0 rings (SSSR count). The molecule has 0 aliphatic carbocycles. The Labute approximate surface area is 285 Å². The summed E-state index contributed by atoms with van der Waals surface area (Å²) < 4.78 is 0. The van der Waals surface area contributed by atoms with Gasteiger partial charge in [0.15, 0.2) is 0 Å². The number of nitrogens with two attached hydrogens (primary N) is 1. The highest BCUT2D eigenvalue weighted by molar-refractivity contribution is 5.85.